The molecule has 3 rings (SSSR count). The largest absolute Gasteiger partial charge is 0.486 e. The molecule has 0 bridgehead atoms. The first-order valence-corrected chi connectivity index (χ1v) is 11.2. The maximum atomic E-state index is 11.0. The number of rotatable bonds is 10. The average Bonchev–Trinajstić information content (AvgIpc) is 2.79. The molecule has 0 unspecified atom stereocenters. The number of ether oxygens (including phenoxy) is 3. The molecule has 6 heteroatoms. The summed E-state index contributed by atoms with van der Waals surface area (Å²) in [4.78, 5) is 11.0. The van der Waals surface area contributed by atoms with E-state index in [1.54, 1.807) is 30.4 Å². The lowest BCUT2D eigenvalue weighted by molar-refractivity contribution is -0.136. The van der Waals surface area contributed by atoms with Crippen molar-refractivity contribution in [2.24, 2.45) is 0 Å². The number of carboxylic acids is 1. The molecule has 1 N–H and O–H groups in total. The summed E-state index contributed by atoms with van der Waals surface area (Å²) in [5.74, 6) is 2.27. The Morgan fingerprint density at radius 1 is 0.971 bits per heavy atom. The van der Waals surface area contributed by atoms with Crippen molar-refractivity contribution in [1.82, 2.24) is 0 Å². The summed E-state index contributed by atoms with van der Waals surface area (Å²) in [7, 11) is 0. The summed E-state index contributed by atoms with van der Waals surface area (Å²) in [6.07, 6.45) is 3.48. The van der Waals surface area contributed by atoms with Gasteiger partial charge in [0.15, 0.2) is 0 Å². The fourth-order valence-corrected chi connectivity index (χ4v) is 3.35. The van der Waals surface area contributed by atoms with Gasteiger partial charge in [-0.05, 0) is 73.9 Å². The van der Waals surface area contributed by atoms with Crippen LogP contribution in [0.2, 0.25) is 0 Å². The molecular formula is C28H27ClO5. The van der Waals surface area contributed by atoms with Gasteiger partial charge in [-0.15, -0.1) is 0 Å². The normalized spacial score (nSPS) is 11.8. The Bertz CT molecular complexity index is 1200. The van der Waals surface area contributed by atoms with Gasteiger partial charge in [0, 0.05) is 11.1 Å². The molecular weight excluding hydrogens is 452 g/mol. The lowest BCUT2D eigenvalue weighted by Gasteiger charge is -2.14. The van der Waals surface area contributed by atoms with Crippen LogP contribution in [-0.4, -0.2) is 17.7 Å². The van der Waals surface area contributed by atoms with Crippen molar-refractivity contribution in [2.75, 3.05) is 6.61 Å². The molecule has 0 radical (unpaired) electrons. The maximum absolute atomic E-state index is 11.0. The predicted octanol–water partition coefficient (Wildman–Crippen LogP) is 7.21. The molecule has 176 valence electrons. The molecule has 0 aliphatic heterocycles. The van der Waals surface area contributed by atoms with Gasteiger partial charge in [0.1, 0.15) is 35.4 Å². The zero-order chi connectivity index (χ0) is 24.5. The summed E-state index contributed by atoms with van der Waals surface area (Å²) >= 11 is 6.20. The lowest BCUT2D eigenvalue weighted by Crippen LogP contribution is -2.08. The number of hydrogen-bond donors (Lipinski definition) is 1. The highest BCUT2D eigenvalue weighted by Gasteiger charge is 2.09. The Hall–Kier alpha value is -3.70. The number of aliphatic carboxylic acids is 1. The minimum Gasteiger partial charge on any atom is -0.486 e. The number of allylic oxidation sites excluding steroid dienone is 3. The molecule has 0 amide bonds. The van der Waals surface area contributed by atoms with E-state index in [2.05, 4.69) is 0 Å². The summed E-state index contributed by atoms with van der Waals surface area (Å²) in [5, 5.41) is 9.54. The average molecular weight is 479 g/mol. The van der Waals surface area contributed by atoms with E-state index in [-0.39, 0.29) is 13.0 Å². The quantitative estimate of drug-likeness (QED) is 0.246. The van der Waals surface area contributed by atoms with Crippen molar-refractivity contribution >= 4 is 17.6 Å². The fraction of sp³-hybridized carbons (Fsp3) is 0.179. The van der Waals surface area contributed by atoms with E-state index in [1.807, 2.05) is 69.3 Å². The third-order valence-corrected chi connectivity index (χ3v) is 5.12. The number of carboxylic acid groups (broad SMARTS) is 1. The highest BCUT2D eigenvalue weighted by atomic mass is 35.5. The highest BCUT2D eigenvalue weighted by Crippen LogP contribution is 2.30. The molecule has 0 saturated heterocycles. The first-order valence-electron chi connectivity index (χ1n) is 10.8. The Kier molecular flexibility index (Phi) is 8.77. The van der Waals surface area contributed by atoms with Crippen LogP contribution >= 0.6 is 11.6 Å². The molecule has 3 aromatic rings. The van der Waals surface area contributed by atoms with Crippen LogP contribution < -0.4 is 14.2 Å². The van der Waals surface area contributed by atoms with Crippen molar-refractivity contribution in [1.29, 1.82) is 0 Å². The number of halogens is 1. The van der Waals surface area contributed by atoms with Crippen molar-refractivity contribution in [2.45, 2.75) is 27.2 Å². The molecule has 0 heterocycles. The molecule has 0 atom stereocenters. The van der Waals surface area contributed by atoms with Gasteiger partial charge >= 0.3 is 5.97 Å². The third kappa shape index (κ3) is 7.71. The highest BCUT2D eigenvalue weighted by molar-refractivity contribution is 6.31. The Morgan fingerprint density at radius 3 is 2.38 bits per heavy atom. The minimum atomic E-state index is -0.867. The first-order chi connectivity index (χ1) is 16.3. The zero-order valence-electron chi connectivity index (χ0n) is 19.4. The monoisotopic (exact) mass is 478 g/mol. The topological polar surface area (TPSA) is 65.0 Å². The van der Waals surface area contributed by atoms with Gasteiger partial charge in [-0.2, -0.15) is 0 Å². The summed E-state index contributed by atoms with van der Waals surface area (Å²) in [6, 6.07) is 20.4. The van der Waals surface area contributed by atoms with E-state index in [9.17, 15) is 4.79 Å². The van der Waals surface area contributed by atoms with Crippen LogP contribution in [0.1, 0.15) is 23.6 Å². The second-order valence-electron chi connectivity index (χ2n) is 7.74. The molecule has 0 aliphatic carbocycles. The van der Waals surface area contributed by atoms with Crippen LogP contribution in [0.15, 0.2) is 89.7 Å². The van der Waals surface area contributed by atoms with Gasteiger partial charge in [0.25, 0.3) is 0 Å². The van der Waals surface area contributed by atoms with Crippen LogP contribution in [0, 0.1) is 13.8 Å². The van der Waals surface area contributed by atoms with E-state index < -0.39 is 5.97 Å². The van der Waals surface area contributed by atoms with Gasteiger partial charge < -0.3 is 19.3 Å². The van der Waals surface area contributed by atoms with Gasteiger partial charge in [0.2, 0.25) is 0 Å². The van der Waals surface area contributed by atoms with Crippen LogP contribution in [-0.2, 0) is 11.2 Å². The maximum Gasteiger partial charge on any atom is 0.307 e. The van der Waals surface area contributed by atoms with E-state index in [1.165, 1.54) is 0 Å². The van der Waals surface area contributed by atoms with Gasteiger partial charge in [-0.3, -0.25) is 4.79 Å². The second kappa shape index (κ2) is 12.0. The van der Waals surface area contributed by atoms with E-state index in [0.29, 0.717) is 33.8 Å². The molecule has 0 fully saturated rings. The molecule has 0 aliphatic rings. The van der Waals surface area contributed by atoms with E-state index in [0.717, 1.165) is 16.7 Å². The number of carbonyl (C=O) groups is 1. The van der Waals surface area contributed by atoms with Crippen molar-refractivity contribution in [3.63, 3.8) is 0 Å². The van der Waals surface area contributed by atoms with E-state index in [4.69, 9.17) is 30.9 Å². The molecule has 0 saturated carbocycles. The van der Waals surface area contributed by atoms with Crippen molar-refractivity contribution in [3.05, 3.63) is 106 Å². The van der Waals surface area contributed by atoms with E-state index >= 15 is 0 Å². The number of aryl methyl sites for hydroxylation is 2. The van der Waals surface area contributed by atoms with Crippen LogP contribution in [0.4, 0.5) is 0 Å². The second-order valence-corrected chi connectivity index (χ2v) is 8.18. The predicted molar refractivity (Wildman–Crippen MR) is 134 cm³/mol. The molecule has 34 heavy (non-hydrogen) atoms. The molecule has 0 aromatic heterocycles. The Labute approximate surface area is 204 Å². The van der Waals surface area contributed by atoms with Gasteiger partial charge in [-0.25, -0.2) is 0 Å². The van der Waals surface area contributed by atoms with Crippen LogP contribution in [0.3, 0.4) is 0 Å². The SMILES string of the molecule is C/C=C(Cl)\C=C(/COc1cc(C)cc(Oc2ccc(CC(=O)O)cc2C)c1)Oc1ccccc1. The molecule has 5 nitrogen and oxygen atoms in total. The number of benzene rings is 3. The minimum absolute atomic E-state index is 0.0261. The van der Waals surface area contributed by atoms with Crippen molar-refractivity contribution in [3.8, 4) is 23.0 Å². The summed E-state index contributed by atoms with van der Waals surface area (Å²) < 4.78 is 18.0. The van der Waals surface area contributed by atoms with Gasteiger partial charge in [0.05, 0.1) is 6.42 Å². The molecule has 3 aromatic carbocycles. The smallest absolute Gasteiger partial charge is 0.307 e. The van der Waals surface area contributed by atoms with Crippen molar-refractivity contribution < 1.29 is 24.1 Å². The fourth-order valence-electron chi connectivity index (χ4n) is 3.23. The Balaban J connectivity index is 1.75. The standard InChI is InChI=1S/C28H27ClO5/c1-4-22(29)16-26(33-23-8-6-5-7-9-23)18-32-24-12-19(2)13-25(17-24)34-27-11-10-21(14-20(27)3)15-28(30)31/h4-14,16-17H,15,18H2,1-3H3,(H,30,31)/b22-4+,26-16+. The van der Waals surface area contributed by atoms with Crippen LogP contribution in [0.25, 0.3) is 0 Å². The Morgan fingerprint density at radius 2 is 1.71 bits per heavy atom. The third-order valence-electron chi connectivity index (χ3n) is 4.79. The van der Waals surface area contributed by atoms with Gasteiger partial charge in [-0.1, -0.05) is 48.0 Å². The summed E-state index contributed by atoms with van der Waals surface area (Å²) in [5.41, 5.74) is 2.54. The zero-order valence-corrected chi connectivity index (χ0v) is 20.1. The first kappa shape index (κ1) is 24.9. The number of para-hydroxylation sites is 1. The lowest BCUT2D eigenvalue weighted by atomic mass is 10.1. The molecule has 0 spiro atoms. The van der Waals surface area contributed by atoms with Crippen LogP contribution in [0.5, 0.6) is 23.0 Å². The number of hydrogen-bond acceptors (Lipinski definition) is 4. The summed E-state index contributed by atoms with van der Waals surface area (Å²) in [6.45, 7) is 5.86.